The van der Waals surface area contributed by atoms with Crippen molar-refractivity contribution in [3.05, 3.63) is 58.6 Å². The average molecular weight is 464 g/mol. The number of Topliss-reactive ketones (excluding diaryl/α,β-unsaturated/α-hetero) is 1. The average Bonchev–Trinajstić information content (AvgIpc) is 3.52. The van der Waals surface area contributed by atoms with Crippen LogP contribution in [-0.2, 0) is 11.2 Å². The quantitative estimate of drug-likeness (QED) is 0.440. The number of hydrogen-bond acceptors (Lipinski definition) is 7. The summed E-state index contributed by atoms with van der Waals surface area (Å²) in [7, 11) is 0. The zero-order valence-electron chi connectivity index (χ0n) is 19.3. The highest BCUT2D eigenvalue weighted by molar-refractivity contribution is 6.11. The van der Waals surface area contributed by atoms with Crippen molar-refractivity contribution in [2.45, 2.75) is 39.7 Å². The summed E-state index contributed by atoms with van der Waals surface area (Å²) in [5, 5.41) is 6.77. The molecule has 10 nitrogen and oxygen atoms in total. The fourth-order valence-corrected chi connectivity index (χ4v) is 4.55. The first-order chi connectivity index (χ1) is 16.2. The lowest BCUT2D eigenvalue weighted by Gasteiger charge is -2.21. The molecule has 10 heteroatoms. The van der Waals surface area contributed by atoms with Gasteiger partial charge in [-0.3, -0.25) is 19.1 Å². The molecule has 34 heavy (non-hydrogen) atoms. The minimum Gasteiger partial charge on any atom is -0.454 e. The second-order valence-corrected chi connectivity index (χ2v) is 8.86. The Morgan fingerprint density at radius 3 is 2.62 bits per heavy atom. The van der Waals surface area contributed by atoms with Crippen LogP contribution in [0.4, 0.5) is 4.79 Å². The zero-order valence-corrected chi connectivity index (χ0v) is 19.3. The van der Waals surface area contributed by atoms with Crippen molar-refractivity contribution < 1.29 is 28.4 Å². The molecule has 0 radical (unpaired) electrons. The third kappa shape index (κ3) is 3.51. The molecule has 1 fully saturated rings. The van der Waals surface area contributed by atoms with Gasteiger partial charge in [0, 0.05) is 29.4 Å². The van der Waals surface area contributed by atoms with Gasteiger partial charge in [-0.1, -0.05) is 11.2 Å². The van der Waals surface area contributed by atoms with Crippen LogP contribution in [0.2, 0.25) is 0 Å². The van der Waals surface area contributed by atoms with Crippen LogP contribution in [0.25, 0.3) is 5.82 Å². The number of aryl methyl sites for hydroxylation is 2. The van der Waals surface area contributed by atoms with E-state index in [4.69, 9.17) is 14.0 Å². The molecule has 1 atom stereocenters. The Bertz CT molecular complexity index is 1340. The second kappa shape index (κ2) is 7.75. The fourth-order valence-electron chi connectivity index (χ4n) is 4.55. The molecular formula is C24H24N4O6. The first-order valence-corrected chi connectivity index (χ1v) is 10.8. The van der Waals surface area contributed by atoms with E-state index in [0.717, 1.165) is 16.2 Å². The number of carbonyl (C=O) groups is 3. The van der Waals surface area contributed by atoms with Crippen LogP contribution in [0.15, 0.2) is 34.9 Å². The van der Waals surface area contributed by atoms with E-state index in [1.807, 2.05) is 13.0 Å². The number of rotatable bonds is 6. The van der Waals surface area contributed by atoms with Gasteiger partial charge in [-0.25, -0.2) is 4.79 Å². The Hall–Kier alpha value is -4.08. The van der Waals surface area contributed by atoms with Gasteiger partial charge in [0.05, 0.1) is 6.54 Å². The SMILES string of the molecule is Cc1cc(-n2c(C)cc(C(=O)CN3C(=O)NC(C)(Cc4ccc5c(c4)OCO5)C3=O)c2C)no1. The van der Waals surface area contributed by atoms with Gasteiger partial charge in [-0.05, 0) is 51.5 Å². The maximum atomic E-state index is 13.2. The largest absolute Gasteiger partial charge is 0.454 e. The Labute approximate surface area is 195 Å². The third-order valence-corrected chi connectivity index (χ3v) is 6.22. The minimum absolute atomic E-state index is 0.151. The highest BCUT2D eigenvalue weighted by Gasteiger charge is 2.48. The molecule has 0 aliphatic carbocycles. The summed E-state index contributed by atoms with van der Waals surface area (Å²) in [6.45, 7) is 6.88. The van der Waals surface area contributed by atoms with Crippen LogP contribution < -0.4 is 14.8 Å². The van der Waals surface area contributed by atoms with Crippen LogP contribution in [-0.4, -0.2) is 51.2 Å². The molecule has 2 aromatic heterocycles. The predicted molar refractivity (Wildman–Crippen MR) is 119 cm³/mol. The molecule has 4 heterocycles. The molecule has 5 rings (SSSR count). The first-order valence-electron chi connectivity index (χ1n) is 10.8. The number of aromatic nitrogens is 2. The Kier molecular flexibility index (Phi) is 4.96. The van der Waals surface area contributed by atoms with Crippen molar-refractivity contribution in [3.8, 4) is 17.3 Å². The highest BCUT2D eigenvalue weighted by atomic mass is 16.7. The highest BCUT2D eigenvalue weighted by Crippen LogP contribution is 2.34. The van der Waals surface area contributed by atoms with Crippen molar-refractivity contribution in [3.63, 3.8) is 0 Å². The van der Waals surface area contributed by atoms with Crippen LogP contribution >= 0.6 is 0 Å². The molecule has 1 saturated heterocycles. The number of fused-ring (bicyclic) bond motifs is 1. The van der Waals surface area contributed by atoms with Crippen molar-refractivity contribution in [2.75, 3.05) is 13.3 Å². The molecule has 3 amide bonds. The van der Waals surface area contributed by atoms with E-state index < -0.39 is 17.5 Å². The van der Waals surface area contributed by atoms with Gasteiger partial charge in [-0.2, -0.15) is 0 Å². The van der Waals surface area contributed by atoms with Gasteiger partial charge in [0.2, 0.25) is 6.79 Å². The van der Waals surface area contributed by atoms with E-state index in [0.29, 0.717) is 34.3 Å². The van der Waals surface area contributed by atoms with Gasteiger partial charge < -0.3 is 19.3 Å². The molecule has 0 spiro atoms. The van der Waals surface area contributed by atoms with E-state index >= 15 is 0 Å². The number of imide groups is 1. The maximum absolute atomic E-state index is 13.2. The van der Waals surface area contributed by atoms with Crippen molar-refractivity contribution in [1.29, 1.82) is 0 Å². The molecule has 2 aliphatic heterocycles. The molecule has 176 valence electrons. The number of ketones is 1. The normalized spacial score (nSPS) is 19.1. The third-order valence-electron chi connectivity index (χ3n) is 6.22. The monoisotopic (exact) mass is 464 g/mol. The zero-order chi connectivity index (χ0) is 24.2. The van der Waals surface area contributed by atoms with Gasteiger partial charge in [0.15, 0.2) is 23.1 Å². The molecule has 2 aliphatic rings. The predicted octanol–water partition coefficient (Wildman–Crippen LogP) is 2.86. The van der Waals surface area contributed by atoms with Crippen LogP contribution in [0.3, 0.4) is 0 Å². The summed E-state index contributed by atoms with van der Waals surface area (Å²) in [5.41, 5.74) is 1.49. The lowest BCUT2D eigenvalue weighted by molar-refractivity contribution is -0.130. The number of hydrogen-bond donors (Lipinski definition) is 1. The van der Waals surface area contributed by atoms with E-state index in [1.165, 1.54) is 0 Å². The number of amides is 3. The standard InChI is InChI=1S/C24H24N4O6/c1-13-7-17(15(3)28(13)21-8-14(2)34-26-21)18(29)11-27-22(30)24(4,25-23(27)31)10-16-5-6-19-20(9-16)33-12-32-19/h5-9H,10-12H2,1-4H3,(H,25,31). The topological polar surface area (TPSA) is 116 Å². The molecule has 1 N–H and O–H groups in total. The van der Waals surface area contributed by atoms with Crippen molar-refractivity contribution in [1.82, 2.24) is 19.9 Å². The van der Waals surface area contributed by atoms with Gasteiger partial charge in [-0.15, -0.1) is 0 Å². The molecule has 0 bridgehead atoms. The lowest BCUT2D eigenvalue weighted by atomic mass is 9.92. The summed E-state index contributed by atoms with van der Waals surface area (Å²) in [4.78, 5) is 40.1. The number of nitrogens with zero attached hydrogens (tertiary/aromatic N) is 3. The molecule has 1 unspecified atom stereocenters. The van der Waals surface area contributed by atoms with Crippen LogP contribution in [0.5, 0.6) is 11.5 Å². The van der Waals surface area contributed by atoms with E-state index in [2.05, 4.69) is 10.5 Å². The molecular weight excluding hydrogens is 440 g/mol. The maximum Gasteiger partial charge on any atom is 0.325 e. The fraction of sp³-hybridized carbons (Fsp3) is 0.333. The minimum atomic E-state index is -1.18. The molecule has 3 aromatic rings. The van der Waals surface area contributed by atoms with E-state index in [-0.39, 0.29) is 25.5 Å². The van der Waals surface area contributed by atoms with Crippen LogP contribution in [0.1, 0.15) is 40.0 Å². The van der Waals surface area contributed by atoms with Gasteiger partial charge in [0.1, 0.15) is 11.3 Å². The molecule has 0 saturated carbocycles. The smallest absolute Gasteiger partial charge is 0.325 e. The number of urea groups is 1. The Morgan fingerprint density at radius 2 is 1.88 bits per heavy atom. The summed E-state index contributed by atoms with van der Waals surface area (Å²) < 4.78 is 17.7. The van der Waals surface area contributed by atoms with Crippen molar-refractivity contribution >= 4 is 17.7 Å². The first kappa shape index (κ1) is 21.7. The van der Waals surface area contributed by atoms with Crippen LogP contribution in [0, 0.1) is 20.8 Å². The Balaban J connectivity index is 1.34. The summed E-state index contributed by atoms with van der Waals surface area (Å²) in [6.07, 6.45) is 0.249. The Morgan fingerprint density at radius 1 is 1.12 bits per heavy atom. The van der Waals surface area contributed by atoms with Gasteiger partial charge in [0.25, 0.3) is 5.91 Å². The van der Waals surface area contributed by atoms with E-state index in [9.17, 15) is 14.4 Å². The van der Waals surface area contributed by atoms with Crippen molar-refractivity contribution in [2.24, 2.45) is 0 Å². The lowest BCUT2D eigenvalue weighted by Crippen LogP contribution is -2.46. The van der Waals surface area contributed by atoms with E-state index in [1.54, 1.807) is 49.6 Å². The van der Waals surface area contributed by atoms with Gasteiger partial charge >= 0.3 is 6.03 Å². The summed E-state index contributed by atoms with van der Waals surface area (Å²) in [6, 6.07) is 8.30. The number of nitrogens with one attached hydrogen (secondary N) is 1. The second-order valence-electron chi connectivity index (χ2n) is 8.86. The summed E-state index contributed by atoms with van der Waals surface area (Å²) in [5.74, 6) is 1.66. The summed E-state index contributed by atoms with van der Waals surface area (Å²) >= 11 is 0. The number of benzene rings is 1. The molecule has 1 aromatic carbocycles. The number of carbonyl (C=O) groups excluding carboxylic acids is 3. The number of ether oxygens (including phenoxy) is 2.